The first-order chi connectivity index (χ1) is 10.3. The van der Waals surface area contributed by atoms with Crippen LogP contribution in [-0.4, -0.2) is 7.05 Å². The van der Waals surface area contributed by atoms with E-state index in [-0.39, 0.29) is 0 Å². The van der Waals surface area contributed by atoms with Crippen molar-refractivity contribution in [3.05, 3.63) is 95.7 Å². The Morgan fingerprint density at radius 2 is 1.71 bits per heavy atom. The van der Waals surface area contributed by atoms with Crippen molar-refractivity contribution in [3.8, 4) is 0 Å². The molecule has 1 N–H and O–H groups in total. The number of nitrogens with one attached hydrogen (secondary N) is 1. The zero-order valence-corrected chi connectivity index (χ0v) is 12.3. The van der Waals surface area contributed by atoms with Crippen molar-refractivity contribution in [2.75, 3.05) is 12.4 Å². The van der Waals surface area contributed by atoms with Crippen LogP contribution < -0.4 is 5.32 Å². The van der Waals surface area contributed by atoms with Crippen LogP contribution in [0, 0.1) is 0 Å². The van der Waals surface area contributed by atoms with Gasteiger partial charge in [0.1, 0.15) is 0 Å². The molecule has 0 atom stereocenters. The number of rotatable bonds is 3. The van der Waals surface area contributed by atoms with Crippen molar-refractivity contribution in [2.24, 2.45) is 0 Å². The molecule has 2 bridgehead atoms. The number of hydrogen-bond donors (Lipinski definition) is 1. The molecule has 0 saturated heterocycles. The Bertz CT molecular complexity index is 707. The fourth-order valence-electron chi connectivity index (χ4n) is 2.56. The topological polar surface area (TPSA) is 12.0 Å². The highest BCUT2D eigenvalue weighted by molar-refractivity contribution is 5.82. The van der Waals surface area contributed by atoms with E-state index in [1.165, 1.54) is 16.7 Å². The Morgan fingerprint density at radius 1 is 1.00 bits per heavy atom. The molecule has 2 aliphatic rings. The van der Waals surface area contributed by atoms with Crippen LogP contribution in [0.1, 0.15) is 12.0 Å². The predicted molar refractivity (Wildman–Crippen MR) is 92.2 cm³/mol. The molecule has 0 heterocycles. The molecule has 0 amide bonds. The minimum atomic E-state index is 0.985. The molecule has 104 valence electrons. The van der Waals surface area contributed by atoms with Crippen molar-refractivity contribution in [2.45, 2.75) is 6.42 Å². The zero-order chi connectivity index (χ0) is 14.7. The summed E-state index contributed by atoms with van der Waals surface area (Å²) in [4.78, 5) is 0. The van der Waals surface area contributed by atoms with E-state index in [9.17, 15) is 0 Å². The molecule has 2 aliphatic carbocycles. The molecule has 21 heavy (non-hydrogen) atoms. The van der Waals surface area contributed by atoms with Crippen LogP contribution in [0.15, 0.2) is 90.1 Å². The maximum atomic E-state index is 4.28. The van der Waals surface area contributed by atoms with Crippen LogP contribution >= 0.6 is 0 Å². The minimum absolute atomic E-state index is 0.985. The number of anilines is 1. The molecule has 0 unspecified atom stereocenters. The van der Waals surface area contributed by atoms with E-state index in [1.54, 1.807) is 0 Å². The second kappa shape index (κ2) is 5.84. The first-order valence-corrected chi connectivity index (χ1v) is 7.20. The zero-order valence-electron chi connectivity index (χ0n) is 12.3. The van der Waals surface area contributed by atoms with E-state index < -0.39 is 0 Å². The number of fused-ring (bicyclic) bond motifs is 2. The van der Waals surface area contributed by atoms with Crippen molar-refractivity contribution in [1.82, 2.24) is 0 Å². The maximum Gasteiger partial charge on any atom is 0.0337 e. The molecular weight excluding hydrogens is 254 g/mol. The fourth-order valence-corrected chi connectivity index (χ4v) is 2.56. The Kier molecular flexibility index (Phi) is 3.74. The minimum Gasteiger partial charge on any atom is -0.388 e. The quantitative estimate of drug-likeness (QED) is 0.812. The van der Waals surface area contributed by atoms with Gasteiger partial charge in [-0.15, -0.1) is 0 Å². The second-order valence-corrected chi connectivity index (χ2v) is 5.28. The first-order valence-electron chi connectivity index (χ1n) is 7.20. The molecule has 1 nitrogen and oxygen atoms in total. The van der Waals surface area contributed by atoms with Gasteiger partial charge in [0.25, 0.3) is 0 Å². The van der Waals surface area contributed by atoms with Crippen LogP contribution in [0.5, 0.6) is 0 Å². The molecule has 0 aromatic heterocycles. The van der Waals surface area contributed by atoms with E-state index in [2.05, 4.69) is 78.7 Å². The summed E-state index contributed by atoms with van der Waals surface area (Å²) in [6.07, 6.45) is 16.1. The van der Waals surface area contributed by atoms with Crippen molar-refractivity contribution in [3.63, 3.8) is 0 Å². The maximum absolute atomic E-state index is 4.28. The lowest BCUT2D eigenvalue weighted by Gasteiger charge is -2.09. The summed E-state index contributed by atoms with van der Waals surface area (Å²) in [7, 11) is 1.93. The summed E-state index contributed by atoms with van der Waals surface area (Å²) in [6, 6.07) is 8.38. The summed E-state index contributed by atoms with van der Waals surface area (Å²) in [5, 5.41) is 3.14. The standard InChI is InChI=1S/C20H19N/c1-15(18-9-11-20(21-2)12-10-18)19-8-7-16-5-3-4-6-17(13-16)14-19/h3-12,14,21H,1,13H2,2H3. The molecule has 0 saturated carbocycles. The summed E-state index contributed by atoms with van der Waals surface area (Å²) < 4.78 is 0. The number of benzene rings is 1. The molecule has 0 radical (unpaired) electrons. The lowest BCUT2D eigenvalue weighted by molar-refractivity contribution is 1.22. The van der Waals surface area contributed by atoms with Gasteiger partial charge in [-0.05, 0) is 46.4 Å². The third kappa shape index (κ3) is 2.97. The normalized spacial score (nSPS) is 16.3. The molecule has 0 spiro atoms. The van der Waals surface area contributed by atoms with E-state index in [0.717, 1.165) is 23.2 Å². The first kappa shape index (κ1) is 13.4. The highest BCUT2D eigenvalue weighted by atomic mass is 14.8. The van der Waals surface area contributed by atoms with Gasteiger partial charge in [-0.25, -0.2) is 0 Å². The van der Waals surface area contributed by atoms with Crippen molar-refractivity contribution in [1.29, 1.82) is 0 Å². The van der Waals surface area contributed by atoms with Gasteiger partial charge in [0, 0.05) is 12.7 Å². The van der Waals surface area contributed by atoms with Crippen LogP contribution in [-0.2, 0) is 0 Å². The van der Waals surface area contributed by atoms with Gasteiger partial charge in [0.15, 0.2) is 0 Å². The summed E-state index contributed by atoms with van der Waals surface area (Å²) in [5.74, 6) is 0. The molecule has 1 aromatic rings. The van der Waals surface area contributed by atoms with E-state index in [0.29, 0.717) is 0 Å². The van der Waals surface area contributed by atoms with Gasteiger partial charge in [0.05, 0.1) is 0 Å². The average molecular weight is 273 g/mol. The second-order valence-electron chi connectivity index (χ2n) is 5.28. The van der Waals surface area contributed by atoms with Crippen LogP contribution in [0.3, 0.4) is 0 Å². The van der Waals surface area contributed by atoms with Crippen LogP contribution in [0.25, 0.3) is 5.57 Å². The van der Waals surface area contributed by atoms with Gasteiger partial charge in [-0.2, -0.15) is 0 Å². The van der Waals surface area contributed by atoms with E-state index in [1.807, 2.05) is 7.05 Å². The molecular formula is C20H19N. The molecule has 1 heteroatoms. The van der Waals surface area contributed by atoms with Gasteiger partial charge in [-0.1, -0.05) is 61.2 Å². The Balaban J connectivity index is 1.94. The van der Waals surface area contributed by atoms with Gasteiger partial charge in [0.2, 0.25) is 0 Å². The fraction of sp³-hybridized carbons (Fsp3) is 0.100. The van der Waals surface area contributed by atoms with Crippen LogP contribution in [0.2, 0.25) is 0 Å². The summed E-state index contributed by atoms with van der Waals surface area (Å²) in [6.45, 7) is 4.28. The predicted octanol–water partition coefficient (Wildman–Crippen LogP) is 5.05. The van der Waals surface area contributed by atoms with Gasteiger partial charge in [-0.3, -0.25) is 0 Å². The molecule has 3 rings (SSSR count). The smallest absolute Gasteiger partial charge is 0.0337 e. The Labute approximate surface area is 126 Å². The van der Waals surface area contributed by atoms with E-state index >= 15 is 0 Å². The molecule has 0 aliphatic heterocycles. The summed E-state index contributed by atoms with van der Waals surface area (Å²) >= 11 is 0. The van der Waals surface area contributed by atoms with Crippen LogP contribution in [0.4, 0.5) is 5.69 Å². The largest absolute Gasteiger partial charge is 0.388 e. The van der Waals surface area contributed by atoms with Gasteiger partial charge < -0.3 is 5.32 Å². The Morgan fingerprint density at radius 3 is 2.43 bits per heavy atom. The highest BCUT2D eigenvalue weighted by Gasteiger charge is 2.09. The van der Waals surface area contributed by atoms with Gasteiger partial charge >= 0.3 is 0 Å². The monoisotopic (exact) mass is 273 g/mol. The molecule has 0 fully saturated rings. The lowest BCUT2D eigenvalue weighted by atomic mass is 9.97. The van der Waals surface area contributed by atoms with E-state index in [4.69, 9.17) is 0 Å². The lowest BCUT2D eigenvalue weighted by Crippen LogP contribution is -1.90. The van der Waals surface area contributed by atoms with Crippen molar-refractivity contribution < 1.29 is 0 Å². The summed E-state index contributed by atoms with van der Waals surface area (Å²) in [5.41, 5.74) is 7.16. The van der Waals surface area contributed by atoms with Crippen molar-refractivity contribution >= 4 is 11.3 Å². The third-order valence-electron chi connectivity index (χ3n) is 3.83. The number of allylic oxidation sites excluding steroid dienone is 11. The molecule has 1 aromatic carbocycles. The number of hydrogen-bond acceptors (Lipinski definition) is 1. The third-order valence-corrected chi connectivity index (χ3v) is 3.83. The average Bonchev–Trinajstić information content (AvgIpc) is 2.88. The SMILES string of the molecule is C=C(C1=CC=C2C=CC=CC(=C1)C2)c1ccc(NC)cc1. The Hall–Kier alpha value is -2.54. The highest BCUT2D eigenvalue weighted by Crippen LogP contribution is 2.29.